The Kier molecular flexibility index (Phi) is 10.4. The summed E-state index contributed by atoms with van der Waals surface area (Å²) < 4.78 is 0. The van der Waals surface area contributed by atoms with Gasteiger partial charge in [-0.2, -0.15) is 0 Å². The van der Waals surface area contributed by atoms with E-state index in [1.54, 1.807) is 12.1 Å². The maximum absolute atomic E-state index is 13.3. The second kappa shape index (κ2) is 13.7. The van der Waals surface area contributed by atoms with E-state index in [9.17, 15) is 29.4 Å². The smallest absolute Gasteiger partial charge is 0.326 e. The lowest BCUT2D eigenvalue weighted by molar-refractivity contribution is -0.143. The number of carboxylic acids is 1. The number of rotatable bonds is 12. The van der Waals surface area contributed by atoms with Crippen LogP contribution in [0.2, 0.25) is 0 Å². The minimum atomic E-state index is -1.23. The number of aliphatic carboxylic acids is 1. The van der Waals surface area contributed by atoms with E-state index in [0.29, 0.717) is 31.4 Å². The molecule has 0 spiro atoms. The van der Waals surface area contributed by atoms with Crippen molar-refractivity contribution in [3.8, 4) is 5.75 Å². The molecule has 6 N–H and O–H groups in total. The summed E-state index contributed by atoms with van der Waals surface area (Å²) in [6.45, 7) is 4.19. The minimum absolute atomic E-state index is 0.00784. The maximum atomic E-state index is 13.3. The fraction of sp³-hybridized carbons (Fsp3) is 0.448. The molecule has 1 fully saturated rings. The van der Waals surface area contributed by atoms with Gasteiger partial charge in [-0.05, 0) is 54.9 Å². The Morgan fingerprint density at radius 2 is 1.59 bits per heavy atom. The van der Waals surface area contributed by atoms with Gasteiger partial charge in [0.05, 0.1) is 6.04 Å². The van der Waals surface area contributed by atoms with Crippen molar-refractivity contribution in [1.29, 1.82) is 0 Å². The Morgan fingerprint density at radius 1 is 0.949 bits per heavy atom. The average molecular weight is 539 g/mol. The molecule has 4 atom stereocenters. The largest absolute Gasteiger partial charge is 0.508 e. The van der Waals surface area contributed by atoms with Crippen molar-refractivity contribution in [2.75, 3.05) is 6.54 Å². The number of aromatic hydroxyl groups is 1. The SMILES string of the molecule is CC(C)CC(NC(=O)C1CCCN1C(=O)C(N)Cc1ccccc1)C(=O)NC(Cc1ccc(O)cc1)C(=O)O. The van der Waals surface area contributed by atoms with E-state index in [-0.39, 0.29) is 30.4 Å². The van der Waals surface area contributed by atoms with Gasteiger partial charge in [0.2, 0.25) is 17.7 Å². The van der Waals surface area contributed by atoms with Crippen molar-refractivity contribution in [2.45, 2.75) is 70.1 Å². The molecule has 3 rings (SSSR count). The molecular weight excluding hydrogens is 500 g/mol. The van der Waals surface area contributed by atoms with Crippen LogP contribution in [0.5, 0.6) is 5.75 Å². The number of benzene rings is 2. The standard InChI is InChI=1S/C29H38N4O6/c1-18(2)15-23(26(35)32-24(29(38)39)17-20-10-12-21(34)13-11-20)31-27(36)25-9-6-14-33(25)28(37)22(30)16-19-7-4-3-5-8-19/h3-5,7-8,10-13,18,22-25,34H,6,9,14-17,30H2,1-2H3,(H,31,36)(H,32,35)(H,38,39). The zero-order valence-electron chi connectivity index (χ0n) is 22.4. The first-order valence-electron chi connectivity index (χ1n) is 13.3. The van der Waals surface area contributed by atoms with Crippen LogP contribution in [0.3, 0.4) is 0 Å². The van der Waals surface area contributed by atoms with Crippen LogP contribution >= 0.6 is 0 Å². The Bertz CT molecular complexity index is 1140. The Morgan fingerprint density at radius 3 is 2.21 bits per heavy atom. The monoisotopic (exact) mass is 538 g/mol. The number of nitrogens with two attached hydrogens (primary N) is 1. The zero-order chi connectivity index (χ0) is 28.5. The lowest BCUT2D eigenvalue weighted by Crippen LogP contribution is -2.57. The first-order valence-corrected chi connectivity index (χ1v) is 13.3. The third-order valence-corrected chi connectivity index (χ3v) is 6.79. The number of nitrogens with zero attached hydrogens (tertiary/aromatic N) is 1. The Labute approximate surface area is 228 Å². The Balaban J connectivity index is 1.67. The van der Waals surface area contributed by atoms with Gasteiger partial charge in [0.25, 0.3) is 0 Å². The van der Waals surface area contributed by atoms with Gasteiger partial charge in [-0.1, -0.05) is 56.3 Å². The van der Waals surface area contributed by atoms with Gasteiger partial charge in [-0.3, -0.25) is 14.4 Å². The molecular formula is C29H38N4O6. The molecule has 0 aromatic heterocycles. The van der Waals surface area contributed by atoms with Crippen molar-refractivity contribution in [2.24, 2.45) is 11.7 Å². The molecule has 1 heterocycles. The summed E-state index contributed by atoms with van der Waals surface area (Å²) in [5.74, 6) is -2.53. The number of amides is 3. The molecule has 3 amide bonds. The molecule has 2 aromatic carbocycles. The molecule has 2 aromatic rings. The van der Waals surface area contributed by atoms with Crippen molar-refractivity contribution < 1.29 is 29.4 Å². The lowest BCUT2D eigenvalue weighted by Gasteiger charge is -2.29. The molecule has 4 unspecified atom stereocenters. The van der Waals surface area contributed by atoms with Crippen molar-refractivity contribution in [1.82, 2.24) is 15.5 Å². The predicted octanol–water partition coefficient (Wildman–Crippen LogP) is 1.60. The van der Waals surface area contributed by atoms with E-state index in [2.05, 4.69) is 10.6 Å². The van der Waals surface area contributed by atoms with Crippen LogP contribution in [0.15, 0.2) is 54.6 Å². The zero-order valence-corrected chi connectivity index (χ0v) is 22.4. The molecule has 1 aliphatic heterocycles. The Hall–Kier alpha value is -3.92. The molecule has 1 saturated heterocycles. The number of phenols is 1. The number of hydrogen-bond acceptors (Lipinski definition) is 6. The fourth-order valence-corrected chi connectivity index (χ4v) is 4.78. The fourth-order valence-electron chi connectivity index (χ4n) is 4.78. The number of carbonyl (C=O) groups is 4. The summed E-state index contributed by atoms with van der Waals surface area (Å²) in [7, 11) is 0. The van der Waals surface area contributed by atoms with Gasteiger partial charge in [0, 0.05) is 13.0 Å². The number of likely N-dealkylation sites (tertiary alicyclic amines) is 1. The third-order valence-electron chi connectivity index (χ3n) is 6.79. The summed E-state index contributed by atoms with van der Waals surface area (Å²) in [5, 5.41) is 24.5. The highest BCUT2D eigenvalue weighted by Crippen LogP contribution is 2.20. The number of carboxylic acid groups (broad SMARTS) is 1. The van der Waals surface area contributed by atoms with Crippen molar-refractivity contribution >= 4 is 23.7 Å². The summed E-state index contributed by atoms with van der Waals surface area (Å²) >= 11 is 0. The molecule has 0 radical (unpaired) electrons. The highest BCUT2D eigenvalue weighted by atomic mass is 16.4. The van der Waals surface area contributed by atoms with Gasteiger partial charge in [0.15, 0.2) is 0 Å². The molecule has 10 heteroatoms. The van der Waals surface area contributed by atoms with E-state index in [4.69, 9.17) is 5.73 Å². The van der Waals surface area contributed by atoms with Gasteiger partial charge in [-0.15, -0.1) is 0 Å². The third kappa shape index (κ3) is 8.54. The van der Waals surface area contributed by atoms with E-state index in [1.807, 2.05) is 44.2 Å². The van der Waals surface area contributed by atoms with Crippen molar-refractivity contribution in [3.63, 3.8) is 0 Å². The average Bonchev–Trinajstić information content (AvgIpc) is 3.39. The molecule has 0 saturated carbocycles. The van der Waals surface area contributed by atoms with E-state index in [0.717, 1.165) is 5.56 Å². The highest BCUT2D eigenvalue weighted by molar-refractivity contribution is 5.94. The second-order valence-electron chi connectivity index (χ2n) is 10.4. The first kappa shape index (κ1) is 29.6. The number of hydrogen-bond donors (Lipinski definition) is 5. The maximum Gasteiger partial charge on any atom is 0.326 e. The number of nitrogens with one attached hydrogen (secondary N) is 2. The topological polar surface area (TPSA) is 162 Å². The van der Waals surface area contributed by atoms with Crippen LogP contribution in [-0.4, -0.2) is 69.5 Å². The van der Waals surface area contributed by atoms with Crippen LogP contribution in [0.1, 0.15) is 44.2 Å². The van der Waals surface area contributed by atoms with Crippen LogP contribution < -0.4 is 16.4 Å². The van der Waals surface area contributed by atoms with Crippen LogP contribution in [0.25, 0.3) is 0 Å². The first-order chi connectivity index (χ1) is 18.5. The van der Waals surface area contributed by atoms with Gasteiger partial charge in [-0.25, -0.2) is 4.79 Å². The molecule has 0 bridgehead atoms. The van der Waals surface area contributed by atoms with Gasteiger partial charge >= 0.3 is 5.97 Å². The van der Waals surface area contributed by atoms with E-state index in [1.165, 1.54) is 17.0 Å². The molecule has 210 valence electrons. The van der Waals surface area contributed by atoms with E-state index >= 15 is 0 Å². The van der Waals surface area contributed by atoms with E-state index < -0.39 is 42.0 Å². The molecule has 39 heavy (non-hydrogen) atoms. The van der Waals surface area contributed by atoms with Crippen LogP contribution in [0, 0.1) is 5.92 Å². The number of carbonyl (C=O) groups excluding carboxylic acids is 3. The van der Waals surface area contributed by atoms with Crippen molar-refractivity contribution in [3.05, 3.63) is 65.7 Å². The summed E-state index contributed by atoms with van der Waals surface area (Å²) in [4.78, 5) is 53.0. The normalized spacial score (nSPS) is 17.3. The lowest BCUT2D eigenvalue weighted by atomic mass is 10.0. The summed E-state index contributed by atoms with van der Waals surface area (Å²) in [6.07, 6.45) is 1.73. The summed E-state index contributed by atoms with van der Waals surface area (Å²) in [6, 6.07) is 11.7. The van der Waals surface area contributed by atoms with Gasteiger partial charge < -0.3 is 31.5 Å². The highest BCUT2D eigenvalue weighted by Gasteiger charge is 2.38. The molecule has 0 aliphatic carbocycles. The summed E-state index contributed by atoms with van der Waals surface area (Å²) in [5.41, 5.74) is 7.75. The second-order valence-corrected chi connectivity index (χ2v) is 10.4. The van der Waals surface area contributed by atoms with Crippen LogP contribution in [-0.2, 0) is 32.0 Å². The molecule has 1 aliphatic rings. The van der Waals surface area contributed by atoms with Gasteiger partial charge in [0.1, 0.15) is 23.9 Å². The number of phenolic OH excluding ortho intramolecular Hbond substituents is 1. The predicted molar refractivity (Wildman–Crippen MR) is 146 cm³/mol. The van der Waals surface area contributed by atoms with Crippen LogP contribution in [0.4, 0.5) is 0 Å². The quantitative estimate of drug-likeness (QED) is 0.274. The minimum Gasteiger partial charge on any atom is -0.508 e. The molecule has 10 nitrogen and oxygen atoms in total.